The van der Waals surface area contributed by atoms with Gasteiger partial charge < -0.3 is 5.32 Å². The van der Waals surface area contributed by atoms with Crippen molar-refractivity contribution in [2.24, 2.45) is 0 Å². The lowest BCUT2D eigenvalue weighted by Crippen LogP contribution is -2.54. The molecule has 1 aliphatic heterocycles. The van der Waals surface area contributed by atoms with Crippen molar-refractivity contribution in [2.45, 2.75) is 25.9 Å². The molecule has 1 aliphatic rings. The first-order chi connectivity index (χ1) is 8.65. The molecule has 2 nitrogen and oxygen atoms in total. The molecule has 2 rings (SSSR count). The summed E-state index contributed by atoms with van der Waals surface area (Å²) in [6, 6.07) is 7.72. The second-order valence-electron chi connectivity index (χ2n) is 5.07. The number of nitrogens with one attached hydrogen (secondary N) is 1. The summed E-state index contributed by atoms with van der Waals surface area (Å²) in [7, 11) is 0. The van der Waals surface area contributed by atoms with Gasteiger partial charge >= 0.3 is 0 Å². The molecule has 0 bridgehead atoms. The van der Waals surface area contributed by atoms with E-state index >= 15 is 0 Å². The number of piperazine rings is 1. The van der Waals surface area contributed by atoms with Crippen LogP contribution in [0, 0.1) is 5.82 Å². The van der Waals surface area contributed by atoms with Crippen molar-refractivity contribution in [1.29, 1.82) is 0 Å². The topological polar surface area (TPSA) is 15.3 Å². The molecule has 1 heterocycles. The first-order valence-corrected chi connectivity index (χ1v) is 6.54. The Bertz CT molecular complexity index is 405. The van der Waals surface area contributed by atoms with Crippen LogP contribution < -0.4 is 5.32 Å². The molecule has 1 fully saturated rings. The second kappa shape index (κ2) is 7.63. The number of rotatable bonds is 3. The third-order valence-corrected chi connectivity index (χ3v) is 3.41. The highest BCUT2D eigenvalue weighted by Crippen LogP contribution is 2.08. The Morgan fingerprint density at radius 3 is 2.68 bits per heavy atom. The van der Waals surface area contributed by atoms with Crippen molar-refractivity contribution >= 4 is 18.5 Å². The summed E-state index contributed by atoms with van der Waals surface area (Å²) in [6.45, 7) is 7.53. The molecule has 106 valence electrons. The van der Waals surface area contributed by atoms with E-state index in [4.69, 9.17) is 0 Å². The van der Waals surface area contributed by atoms with Crippen LogP contribution in [-0.4, -0.2) is 36.6 Å². The minimum atomic E-state index is -0.184. The smallest absolute Gasteiger partial charge is 0.123 e. The first kappa shape index (κ1) is 16.2. The molecule has 0 radical (unpaired) electrons. The predicted octanol–water partition coefficient (Wildman–Crippen LogP) is 2.94. The second-order valence-corrected chi connectivity index (χ2v) is 5.07. The Morgan fingerprint density at radius 2 is 2.00 bits per heavy atom. The van der Waals surface area contributed by atoms with Gasteiger partial charge in [0.15, 0.2) is 0 Å². The number of benzene rings is 1. The molecule has 2 unspecified atom stereocenters. The maximum Gasteiger partial charge on any atom is 0.123 e. The van der Waals surface area contributed by atoms with E-state index in [1.165, 1.54) is 12.1 Å². The summed E-state index contributed by atoms with van der Waals surface area (Å²) >= 11 is 0. The number of hydrogen-bond donors (Lipinski definition) is 1. The van der Waals surface area contributed by atoms with Gasteiger partial charge in [0.05, 0.1) is 0 Å². The molecule has 1 aromatic carbocycles. The highest BCUT2D eigenvalue weighted by Gasteiger charge is 2.20. The Morgan fingerprint density at radius 1 is 1.32 bits per heavy atom. The zero-order valence-corrected chi connectivity index (χ0v) is 12.3. The van der Waals surface area contributed by atoms with Crippen LogP contribution in [0.3, 0.4) is 0 Å². The van der Waals surface area contributed by atoms with Crippen LogP contribution in [0.15, 0.2) is 30.3 Å². The van der Waals surface area contributed by atoms with Gasteiger partial charge in [-0.25, -0.2) is 4.39 Å². The fraction of sp³-hybridized carbons (Fsp3) is 0.467. The van der Waals surface area contributed by atoms with E-state index in [1.807, 2.05) is 0 Å². The van der Waals surface area contributed by atoms with Crippen molar-refractivity contribution in [1.82, 2.24) is 10.2 Å². The van der Waals surface area contributed by atoms with E-state index < -0.39 is 0 Å². The van der Waals surface area contributed by atoms with E-state index in [9.17, 15) is 4.39 Å². The average molecular weight is 285 g/mol. The molecule has 0 aromatic heterocycles. The lowest BCUT2D eigenvalue weighted by molar-refractivity contribution is 0.163. The highest BCUT2D eigenvalue weighted by molar-refractivity contribution is 5.85. The van der Waals surface area contributed by atoms with Crippen LogP contribution in [0.4, 0.5) is 4.39 Å². The third-order valence-electron chi connectivity index (χ3n) is 3.41. The van der Waals surface area contributed by atoms with Crippen molar-refractivity contribution in [3.8, 4) is 0 Å². The van der Waals surface area contributed by atoms with E-state index in [-0.39, 0.29) is 18.2 Å². The molecule has 1 aromatic rings. The van der Waals surface area contributed by atoms with Crippen molar-refractivity contribution in [2.75, 3.05) is 19.6 Å². The third kappa shape index (κ3) is 4.94. The van der Waals surface area contributed by atoms with Crippen molar-refractivity contribution in [3.05, 3.63) is 41.7 Å². The van der Waals surface area contributed by atoms with Gasteiger partial charge in [-0.15, -0.1) is 12.4 Å². The minimum Gasteiger partial charge on any atom is -0.311 e. The van der Waals surface area contributed by atoms with Gasteiger partial charge in [-0.05, 0) is 31.5 Å². The number of halogens is 2. The molecule has 1 saturated heterocycles. The zero-order chi connectivity index (χ0) is 13.0. The van der Waals surface area contributed by atoms with Crippen LogP contribution in [0.5, 0.6) is 0 Å². The normalized spacial score (nSPS) is 24.4. The summed E-state index contributed by atoms with van der Waals surface area (Å²) < 4.78 is 12.8. The van der Waals surface area contributed by atoms with Gasteiger partial charge in [-0.1, -0.05) is 24.3 Å². The monoisotopic (exact) mass is 284 g/mol. The van der Waals surface area contributed by atoms with Crippen LogP contribution in [0.1, 0.15) is 19.4 Å². The predicted molar refractivity (Wildman–Crippen MR) is 81.2 cm³/mol. The average Bonchev–Trinajstić information content (AvgIpc) is 2.36. The van der Waals surface area contributed by atoms with Crippen LogP contribution in [0.25, 0.3) is 6.08 Å². The lowest BCUT2D eigenvalue weighted by Gasteiger charge is -2.36. The van der Waals surface area contributed by atoms with Gasteiger partial charge in [0.2, 0.25) is 0 Å². The number of hydrogen-bond acceptors (Lipinski definition) is 2. The largest absolute Gasteiger partial charge is 0.311 e. The van der Waals surface area contributed by atoms with Crippen LogP contribution >= 0.6 is 12.4 Å². The molecule has 0 aliphatic carbocycles. The zero-order valence-electron chi connectivity index (χ0n) is 11.5. The summed E-state index contributed by atoms with van der Waals surface area (Å²) in [5.41, 5.74) is 1.05. The molecular formula is C15H22ClFN2. The van der Waals surface area contributed by atoms with Gasteiger partial charge in [-0.2, -0.15) is 0 Å². The Kier molecular flexibility index (Phi) is 6.49. The van der Waals surface area contributed by atoms with Crippen molar-refractivity contribution in [3.63, 3.8) is 0 Å². The van der Waals surface area contributed by atoms with Crippen molar-refractivity contribution < 1.29 is 4.39 Å². The Hall–Kier alpha value is -0.900. The standard InChI is InChI=1S/C15H21FN2.ClH/c1-12-11-18(13(2)10-17-12)9-3-4-14-5-7-15(16)8-6-14;/h3-8,12-13,17H,9-11H2,1-2H3;1H/b4-3+;. The van der Waals surface area contributed by atoms with Crippen LogP contribution in [0.2, 0.25) is 0 Å². The Balaban J connectivity index is 0.00000180. The van der Waals surface area contributed by atoms with E-state index in [0.717, 1.165) is 25.2 Å². The fourth-order valence-electron chi connectivity index (χ4n) is 2.25. The maximum atomic E-state index is 12.8. The van der Waals surface area contributed by atoms with E-state index in [1.54, 1.807) is 12.1 Å². The minimum absolute atomic E-state index is 0. The summed E-state index contributed by atoms with van der Waals surface area (Å²) in [5.74, 6) is -0.184. The molecule has 4 heteroatoms. The van der Waals surface area contributed by atoms with Gasteiger partial charge in [-0.3, -0.25) is 4.90 Å². The molecule has 19 heavy (non-hydrogen) atoms. The summed E-state index contributed by atoms with van der Waals surface area (Å²) in [6.07, 6.45) is 4.21. The summed E-state index contributed by atoms with van der Waals surface area (Å²) in [4.78, 5) is 2.46. The SMILES string of the molecule is CC1CN(C/C=C/c2ccc(F)cc2)C(C)CN1.Cl. The van der Waals surface area contributed by atoms with Crippen LogP contribution in [-0.2, 0) is 0 Å². The van der Waals surface area contributed by atoms with Gasteiger partial charge in [0, 0.05) is 31.7 Å². The Labute approximate surface area is 121 Å². The molecule has 0 spiro atoms. The van der Waals surface area contributed by atoms with Gasteiger partial charge in [0.25, 0.3) is 0 Å². The molecule has 0 amide bonds. The molecular weight excluding hydrogens is 263 g/mol. The molecule has 2 atom stereocenters. The highest BCUT2D eigenvalue weighted by atomic mass is 35.5. The fourth-order valence-corrected chi connectivity index (χ4v) is 2.25. The molecule has 1 N–H and O–H groups in total. The van der Waals surface area contributed by atoms with E-state index in [2.05, 4.69) is 36.2 Å². The first-order valence-electron chi connectivity index (χ1n) is 6.54. The quantitative estimate of drug-likeness (QED) is 0.918. The lowest BCUT2D eigenvalue weighted by atomic mass is 10.1. The van der Waals surface area contributed by atoms with E-state index in [0.29, 0.717) is 12.1 Å². The van der Waals surface area contributed by atoms with Gasteiger partial charge in [0.1, 0.15) is 5.82 Å². The summed E-state index contributed by atoms with van der Waals surface area (Å²) in [5, 5.41) is 3.47. The number of nitrogens with zero attached hydrogens (tertiary/aromatic N) is 1. The molecule has 0 saturated carbocycles. The maximum absolute atomic E-state index is 12.8.